The molecule has 4 bridgehead atoms. The van der Waals surface area contributed by atoms with Crippen molar-refractivity contribution in [3.8, 4) is 0 Å². The molecule has 0 unspecified atom stereocenters. The highest BCUT2D eigenvalue weighted by Gasteiger charge is 2.48. The number of fused-ring (bicyclic) bond motifs is 1. The first-order chi connectivity index (χ1) is 31.7. The standard InChI is InChI=1S/C49H65N9O8/c1-27(2)16-38-47(64)58-41(24-44(61)53-26-35-31-18-29-17-30(20-31)21-32(35)19-29)49(66)55-37(12-13-42(50)59)46(63)57-40(23-33-25-52-36-11-7-6-10-34(33)36)48(65)56-39(22-28-8-4-3-5-9-28)45(62)51-15-14-43(60)54-38/h3-11,25,27,29-32,35,37-41,52H,12-24,26H2,1-2H3,(H2,50,59)(H,51,62)(H,53,61)(H,54,60)(H,55,66)(H,56,65)(H,57,63)(H,58,64)/t29?,30?,31?,32?,35?,37-,38-,39-,40-,41-/m0/s1. The second-order valence-corrected chi connectivity index (χ2v) is 19.4. The number of para-hydroxylation sites is 1. The van der Waals surface area contributed by atoms with E-state index in [2.05, 4.69) is 42.2 Å². The lowest BCUT2D eigenvalue weighted by atomic mass is 9.52. The van der Waals surface area contributed by atoms with Crippen LogP contribution in [0.25, 0.3) is 10.9 Å². The Hall–Kier alpha value is -6.26. The Morgan fingerprint density at radius 2 is 1.27 bits per heavy atom. The van der Waals surface area contributed by atoms with Crippen molar-refractivity contribution in [2.45, 2.75) is 121 Å². The number of hydrogen-bond acceptors (Lipinski definition) is 8. The van der Waals surface area contributed by atoms with Crippen LogP contribution in [0.1, 0.15) is 89.2 Å². The molecule has 17 heteroatoms. The SMILES string of the molecule is CC(C)C[C@@H]1NC(=O)CCNC(=O)[C@H](Cc2ccccc2)NC(=O)[C@H](Cc2c[nH]c3ccccc23)NC(=O)[C@H](CCC(N)=O)NC(=O)[C@H](CC(=O)NCC2C3CC4CC(C3)CC2C4)NC1=O. The van der Waals surface area contributed by atoms with Crippen LogP contribution in [-0.2, 0) is 51.2 Å². The minimum absolute atomic E-state index is 0.0436. The molecule has 354 valence electrons. The molecule has 17 nitrogen and oxygen atoms in total. The second-order valence-electron chi connectivity index (χ2n) is 19.4. The molecule has 4 aliphatic carbocycles. The van der Waals surface area contributed by atoms with Gasteiger partial charge in [-0.15, -0.1) is 0 Å². The number of rotatable bonds is 13. The summed E-state index contributed by atoms with van der Waals surface area (Å²) in [5.74, 6) is -2.67. The Balaban J connectivity index is 1.17. The lowest BCUT2D eigenvalue weighted by Crippen LogP contribution is -2.60. The number of hydrogen-bond donors (Lipinski definition) is 9. The summed E-state index contributed by atoms with van der Waals surface area (Å²) in [7, 11) is 0. The van der Waals surface area contributed by atoms with Crippen LogP contribution in [0, 0.1) is 35.5 Å². The third kappa shape index (κ3) is 12.5. The van der Waals surface area contributed by atoms with Crippen molar-refractivity contribution < 1.29 is 38.4 Å². The van der Waals surface area contributed by atoms with E-state index < -0.39 is 83.9 Å². The second kappa shape index (κ2) is 21.8. The number of benzene rings is 2. The minimum atomic E-state index is -1.50. The third-order valence-corrected chi connectivity index (χ3v) is 13.9. The minimum Gasteiger partial charge on any atom is -0.370 e. The lowest BCUT2D eigenvalue weighted by Gasteiger charge is -2.54. The number of H-pyrrole nitrogens is 1. The van der Waals surface area contributed by atoms with Crippen LogP contribution in [0.5, 0.6) is 0 Å². The van der Waals surface area contributed by atoms with Gasteiger partial charge in [-0.2, -0.15) is 0 Å². The Labute approximate surface area is 385 Å². The van der Waals surface area contributed by atoms with E-state index in [0.29, 0.717) is 29.9 Å². The number of carbonyl (C=O) groups excluding carboxylic acids is 8. The summed E-state index contributed by atoms with van der Waals surface area (Å²) in [5, 5.41) is 20.3. The van der Waals surface area contributed by atoms with E-state index in [1.165, 1.54) is 6.42 Å². The zero-order valence-electron chi connectivity index (χ0n) is 37.9. The number of nitrogens with two attached hydrogens (primary N) is 1. The predicted octanol–water partition coefficient (Wildman–Crippen LogP) is 1.79. The topological polar surface area (TPSA) is 263 Å². The Morgan fingerprint density at radius 3 is 1.95 bits per heavy atom. The van der Waals surface area contributed by atoms with Crippen molar-refractivity contribution in [3.05, 3.63) is 71.9 Å². The quantitative estimate of drug-likeness (QED) is 0.122. The summed E-state index contributed by atoms with van der Waals surface area (Å²) in [6.07, 6.45) is 6.59. The van der Waals surface area contributed by atoms with Crippen molar-refractivity contribution in [2.24, 2.45) is 41.2 Å². The van der Waals surface area contributed by atoms with Gasteiger partial charge in [-0.3, -0.25) is 38.4 Å². The largest absolute Gasteiger partial charge is 0.370 e. The first kappa shape index (κ1) is 47.7. The van der Waals surface area contributed by atoms with Crippen LogP contribution < -0.4 is 43.0 Å². The van der Waals surface area contributed by atoms with E-state index in [9.17, 15) is 38.4 Å². The fraction of sp³-hybridized carbons (Fsp3) is 0.551. The molecule has 10 N–H and O–H groups in total. The zero-order chi connectivity index (χ0) is 46.9. The van der Waals surface area contributed by atoms with Crippen LogP contribution in [0.15, 0.2) is 60.8 Å². The summed E-state index contributed by atoms with van der Waals surface area (Å²) in [6, 6.07) is 9.90. The number of amides is 8. The fourth-order valence-electron chi connectivity index (χ4n) is 10.9. The summed E-state index contributed by atoms with van der Waals surface area (Å²) >= 11 is 0. The number of primary amides is 1. The molecule has 0 radical (unpaired) electrons. The van der Waals surface area contributed by atoms with Gasteiger partial charge in [0.1, 0.15) is 30.2 Å². The van der Waals surface area contributed by atoms with Gasteiger partial charge in [0, 0.05) is 55.9 Å². The first-order valence-electron chi connectivity index (χ1n) is 23.6. The van der Waals surface area contributed by atoms with Gasteiger partial charge in [0.2, 0.25) is 47.3 Å². The molecule has 5 atom stereocenters. The van der Waals surface area contributed by atoms with Crippen molar-refractivity contribution in [1.29, 1.82) is 0 Å². The highest BCUT2D eigenvalue weighted by Crippen LogP contribution is 2.56. The Bertz CT molecular complexity index is 2230. The van der Waals surface area contributed by atoms with Gasteiger partial charge >= 0.3 is 0 Å². The molecule has 5 aliphatic rings. The van der Waals surface area contributed by atoms with Crippen LogP contribution >= 0.6 is 0 Å². The Kier molecular flexibility index (Phi) is 15.8. The van der Waals surface area contributed by atoms with Gasteiger partial charge in [-0.25, -0.2) is 0 Å². The Morgan fingerprint density at radius 1 is 0.682 bits per heavy atom. The maximum Gasteiger partial charge on any atom is 0.243 e. The normalized spacial score (nSPS) is 28.8. The fourth-order valence-corrected chi connectivity index (χ4v) is 10.9. The van der Waals surface area contributed by atoms with Crippen LogP contribution in [0.3, 0.4) is 0 Å². The average Bonchev–Trinajstić information content (AvgIpc) is 3.68. The molecule has 66 heavy (non-hydrogen) atoms. The molecule has 8 amide bonds. The molecular weight excluding hydrogens is 843 g/mol. The van der Waals surface area contributed by atoms with E-state index in [1.54, 1.807) is 30.5 Å². The van der Waals surface area contributed by atoms with Crippen LogP contribution in [0.4, 0.5) is 0 Å². The molecule has 1 aliphatic heterocycles. The molecule has 2 aromatic carbocycles. The van der Waals surface area contributed by atoms with Crippen molar-refractivity contribution in [3.63, 3.8) is 0 Å². The van der Waals surface area contributed by atoms with E-state index >= 15 is 0 Å². The van der Waals surface area contributed by atoms with Gasteiger partial charge in [-0.05, 0) is 97.6 Å². The molecule has 2 heterocycles. The molecule has 1 saturated heterocycles. The molecular formula is C49H65N9O8. The maximum atomic E-state index is 14.5. The highest BCUT2D eigenvalue weighted by atomic mass is 16.2. The van der Waals surface area contributed by atoms with Gasteiger partial charge in [0.05, 0.1) is 6.42 Å². The third-order valence-electron chi connectivity index (χ3n) is 13.9. The molecule has 3 aromatic rings. The van der Waals surface area contributed by atoms with Crippen molar-refractivity contribution in [2.75, 3.05) is 13.1 Å². The number of carbonyl (C=O) groups is 8. The van der Waals surface area contributed by atoms with E-state index in [0.717, 1.165) is 54.0 Å². The number of nitrogens with one attached hydrogen (secondary N) is 8. The smallest absolute Gasteiger partial charge is 0.243 e. The van der Waals surface area contributed by atoms with Crippen LogP contribution in [-0.4, -0.2) is 95.5 Å². The molecule has 8 rings (SSSR count). The predicted molar refractivity (Wildman–Crippen MR) is 245 cm³/mol. The molecule has 0 spiro atoms. The zero-order valence-corrected chi connectivity index (χ0v) is 37.9. The van der Waals surface area contributed by atoms with Gasteiger partial charge in [-0.1, -0.05) is 62.4 Å². The molecule has 1 aromatic heterocycles. The number of aromatic amines is 1. The molecule has 5 fully saturated rings. The lowest BCUT2D eigenvalue weighted by molar-refractivity contribution is -0.136. The highest BCUT2D eigenvalue weighted by molar-refractivity contribution is 5.98. The van der Waals surface area contributed by atoms with Crippen LogP contribution in [0.2, 0.25) is 0 Å². The van der Waals surface area contributed by atoms with Crippen molar-refractivity contribution in [1.82, 2.24) is 42.2 Å². The summed E-state index contributed by atoms with van der Waals surface area (Å²) in [4.78, 5) is 114. The van der Waals surface area contributed by atoms with E-state index in [1.807, 2.05) is 44.2 Å². The van der Waals surface area contributed by atoms with E-state index in [-0.39, 0.29) is 51.0 Å². The maximum absolute atomic E-state index is 14.5. The van der Waals surface area contributed by atoms with Crippen molar-refractivity contribution >= 4 is 58.2 Å². The molecule has 4 saturated carbocycles. The monoisotopic (exact) mass is 907 g/mol. The summed E-state index contributed by atoms with van der Waals surface area (Å²) in [6.45, 7) is 4.05. The average molecular weight is 908 g/mol. The number of aromatic nitrogens is 1. The van der Waals surface area contributed by atoms with Gasteiger partial charge < -0.3 is 47.9 Å². The first-order valence-corrected chi connectivity index (χ1v) is 23.6. The van der Waals surface area contributed by atoms with Gasteiger partial charge in [0.15, 0.2) is 0 Å². The summed E-state index contributed by atoms with van der Waals surface area (Å²) < 4.78 is 0. The van der Waals surface area contributed by atoms with Gasteiger partial charge in [0.25, 0.3) is 0 Å². The summed E-state index contributed by atoms with van der Waals surface area (Å²) in [5.41, 5.74) is 7.74. The van der Waals surface area contributed by atoms with E-state index in [4.69, 9.17) is 5.73 Å².